The van der Waals surface area contributed by atoms with E-state index in [4.69, 9.17) is 4.74 Å². The Morgan fingerprint density at radius 3 is 2.25 bits per heavy atom. The third-order valence-electron chi connectivity index (χ3n) is 10.2. The number of aromatic nitrogens is 1. The van der Waals surface area contributed by atoms with Gasteiger partial charge in [-0.3, -0.25) is 28.9 Å². The molecular formula is C40H60N4O7S. The van der Waals surface area contributed by atoms with E-state index in [9.17, 15) is 29.1 Å². The number of hydrogen-bond donors (Lipinski definition) is 2. The Hall–Kier alpha value is -3.64. The monoisotopic (exact) mass is 740 g/mol. The minimum Gasteiger partial charge on any atom is -0.481 e. The van der Waals surface area contributed by atoms with Crippen LogP contribution < -0.4 is 5.32 Å². The van der Waals surface area contributed by atoms with Gasteiger partial charge in [0.1, 0.15) is 10.7 Å². The smallest absolute Gasteiger partial charge is 0.309 e. The number of ketones is 1. The maximum absolute atomic E-state index is 14.2. The molecule has 1 aromatic carbocycles. The topological polar surface area (TPSA) is 146 Å². The molecule has 1 aliphatic heterocycles. The molecule has 12 heteroatoms. The lowest BCUT2D eigenvalue weighted by molar-refractivity contribution is -0.155. The van der Waals surface area contributed by atoms with Gasteiger partial charge in [0.15, 0.2) is 11.9 Å². The lowest BCUT2D eigenvalue weighted by Gasteiger charge is -2.37. The van der Waals surface area contributed by atoms with E-state index in [0.717, 1.165) is 31.4 Å². The molecule has 0 saturated carbocycles. The van der Waals surface area contributed by atoms with Gasteiger partial charge in [0.05, 0.1) is 17.9 Å². The van der Waals surface area contributed by atoms with Crippen LogP contribution in [0.2, 0.25) is 0 Å². The molecular weight excluding hydrogens is 681 g/mol. The van der Waals surface area contributed by atoms with Crippen LogP contribution in [0.5, 0.6) is 0 Å². The fraction of sp³-hybridized carbons (Fsp3) is 0.650. The van der Waals surface area contributed by atoms with Crippen LogP contribution in [0.4, 0.5) is 0 Å². The number of carboxylic acid groups (broad SMARTS) is 1. The van der Waals surface area contributed by atoms with Gasteiger partial charge in [-0.25, -0.2) is 4.98 Å². The van der Waals surface area contributed by atoms with E-state index in [1.54, 1.807) is 38.1 Å². The molecule has 1 saturated heterocycles. The summed E-state index contributed by atoms with van der Waals surface area (Å²) in [5.74, 6) is -3.48. The summed E-state index contributed by atoms with van der Waals surface area (Å²) in [6, 6.07) is 8.58. The van der Waals surface area contributed by atoms with E-state index < -0.39 is 47.7 Å². The van der Waals surface area contributed by atoms with Crippen molar-refractivity contribution in [2.24, 2.45) is 29.6 Å². The molecule has 6 atom stereocenters. The number of Topliss-reactive ketones (excluding diaryl/α,β-unsaturated/α-hetero) is 1. The number of esters is 1. The first kappa shape index (κ1) is 42.8. The SMILES string of the molecule is CC(C)C(=O)O[C@H](C[C@H](C(C)C)N(C)C(=O)[C@@H](CC(=O)[C@H]1CCCCN1C)C(C)C)c1nc(C(=O)N[C@@H](Cc2ccccc2)C[C@H](C)C(=O)O)cs1. The van der Waals surface area contributed by atoms with Crippen molar-refractivity contribution in [1.82, 2.24) is 20.1 Å². The van der Waals surface area contributed by atoms with Gasteiger partial charge < -0.3 is 20.1 Å². The van der Waals surface area contributed by atoms with Gasteiger partial charge in [-0.1, -0.05) is 85.2 Å². The maximum Gasteiger partial charge on any atom is 0.309 e. The summed E-state index contributed by atoms with van der Waals surface area (Å²) in [4.78, 5) is 74.3. The zero-order chi connectivity index (χ0) is 38.7. The number of benzene rings is 1. The van der Waals surface area contributed by atoms with Gasteiger partial charge in [0.25, 0.3) is 5.91 Å². The number of likely N-dealkylation sites (tertiary alicyclic amines) is 1. The second kappa shape index (κ2) is 20.0. The van der Waals surface area contributed by atoms with Crippen molar-refractivity contribution in [2.75, 3.05) is 20.6 Å². The van der Waals surface area contributed by atoms with Crippen molar-refractivity contribution in [3.05, 3.63) is 52.0 Å². The van der Waals surface area contributed by atoms with Crippen LogP contribution in [0.3, 0.4) is 0 Å². The number of likely N-dealkylation sites (N-methyl/N-ethyl adjacent to an activating group) is 1. The zero-order valence-corrected chi connectivity index (χ0v) is 33.3. The predicted octanol–water partition coefficient (Wildman–Crippen LogP) is 6.42. The molecule has 0 unspecified atom stereocenters. The van der Waals surface area contributed by atoms with Crippen molar-refractivity contribution >= 4 is 40.9 Å². The molecule has 0 bridgehead atoms. The minimum atomic E-state index is -0.940. The van der Waals surface area contributed by atoms with E-state index in [1.165, 1.54) is 11.3 Å². The summed E-state index contributed by atoms with van der Waals surface area (Å²) in [6.07, 6.45) is 3.17. The number of carbonyl (C=O) groups excluding carboxylic acids is 4. The van der Waals surface area contributed by atoms with Crippen molar-refractivity contribution < 1.29 is 33.8 Å². The van der Waals surface area contributed by atoms with Crippen molar-refractivity contribution in [3.8, 4) is 0 Å². The van der Waals surface area contributed by atoms with Crippen LogP contribution in [-0.4, -0.2) is 88.2 Å². The van der Waals surface area contributed by atoms with E-state index in [0.29, 0.717) is 11.4 Å². The minimum absolute atomic E-state index is 0.0279. The van der Waals surface area contributed by atoms with Crippen LogP contribution in [0.25, 0.3) is 0 Å². The second-order valence-electron chi connectivity index (χ2n) is 15.5. The highest BCUT2D eigenvalue weighted by Gasteiger charge is 2.37. The standard InChI is InChI=1S/C40H60N4O7S/c1-24(2)30(21-34(45)32-17-13-14-18-43(32)8)38(47)44(9)33(25(3)4)22-35(51-40(50)26(5)6)37-42-31(23-52-37)36(46)41-29(19-27(7)39(48)49)20-28-15-11-10-12-16-28/h10-12,15-16,23-27,29-30,32-33,35H,13-14,17-22H2,1-9H3,(H,41,46)(H,48,49)/t27-,29+,30-,32+,33+,35+/m0/s1. The Kier molecular flexibility index (Phi) is 16.4. The number of ether oxygens (including phenoxy) is 1. The van der Waals surface area contributed by atoms with Gasteiger partial charge in [0, 0.05) is 43.3 Å². The number of amides is 2. The molecule has 1 fully saturated rings. The average molecular weight is 741 g/mol. The second-order valence-corrected chi connectivity index (χ2v) is 16.4. The molecule has 2 aromatic rings. The van der Waals surface area contributed by atoms with Crippen LogP contribution in [-0.2, 0) is 30.3 Å². The summed E-state index contributed by atoms with van der Waals surface area (Å²) in [7, 11) is 3.73. The first-order chi connectivity index (χ1) is 24.5. The van der Waals surface area contributed by atoms with E-state index in [2.05, 4.69) is 15.2 Å². The molecule has 52 heavy (non-hydrogen) atoms. The number of thiazole rings is 1. The number of hydrogen-bond acceptors (Lipinski definition) is 9. The van der Waals surface area contributed by atoms with Gasteiger partial charge >= 0.3 is 11.9 Å². The summed E-state index contributed by atoms with van der Waals surface area (Å²) >= 11 is 1.20. The maximum atomic E-state index is 14.2. The molecule has 288 valence electrons. The average Bonchev–Trinajstić information content (AvgIpc) is 3.59. The Morgan fingerprint density at radius 1 is 1.00 bits per heavy atom. The first-order valence-corrected chi connectivity index (χ1v) is 19.6. The summed E-state index contributed by atoms with van der Waals surface area (Å²) < 4.78 is 6.02. The third kappa shape index (κ3) is 12.2. The number of nitrogens with zero attached hydrogens (tertiary/aromatic N) is 3. The fourth-order valence-corrected chi connectivity index (χ4v) is 7.70. The van der Waals surface area contributed by atoms with Crippen LogP contribution in [0.1, 0.15) is 114 Å². The van der Waals surface area contributed by atoms with Gasteiger partial charge in [-0.05, 0) is 56.7 Å². The molecule has 0 spiro atoms. The lowest BCUT2D eigenvalue weighted by Crippen LogP contribution is -2.48. The number of piperidine rings is 1. The summed E-state index contributed by atoms with van der Waals surface area (Å²) in [5.41, 5.74) is 1.11. The highest BCUT2D eigenvalue weighted by molar-refractivity contribution is 7.09. The van der Waals surface area contributed by atoms with Gasteiger partial charge in [0.2, 0.25) is 5.91 Å². The lowest BCUT2D eigenvalue weighted by atomic mass is 9.84. The van der Waals surface area contributed by atoms with Gasteiger partial charge in [-0.15, -0.1) is 11.3 Å². The largest absolute Gasteiger partial charge is 0.481 e. The van der Waals surface area contributed by atoms with E-state index >= 15 is 0 Å². The Balaban J connectivity index is 1.84. The normalized spacial score (nSPS) is 18.0. The highest BCUT2D eigenvalue weighted by atomic mass is 32.1. The fourth-order valence-electron chi connectivity index (χ4n) is 6.86. The Morgan fingerprint density at radius 2 is 1.67 bits per heavy atom. The summed E-state index contributed by atoms with van der Waals surface area (Å²) in [5, 5.41) is 14.6. The van der Waals surface area contributed by atoms with Gasteiger partial charge in [-0.2, -0.15) is 0 Å². The number of aliphatic carboxylic acids is 1. The van der Waals surface area contributed by atoms with Crippen LogP contribution >= 0.6 is 11.3 Å². The zero-order valence-electron chi connectivity index (χ0n) is 32.5. The molecule has 0 radical (unpaired) electrons. The van der Waals surface area contributed by atoms with E-state index in [-0.39, 0.29) is 60.6 Å². The van der Waals surface area contributed by atoms with Crippen LogP contribution in [0, 0.1) is 29.6 Å². The first-order valence-electron chi connectivity index (χ1n) is 18.7. The Bertz CT molecular complexity index is 1490. The van der Waals surface area contributed by atoms with Crippen LogP contribution in [0.15, 0.2) is 35.7 Å². The molecule has 0 aliphatic carbocycles. The molecule has 2 N–H and O–H groups in total. The number of nitrogens with one attached hydrogen (secondary N) is 1. The molecule has 2 amide bonds. The number of rotatable bonds is 19. The molecule has 3 rings (SSSR count). The van der Waals surface area contributed by atoms with Crippen molar-refractivity contribution in [1.29, 1.82) is 0 Å². The third-order valence-corrected chi connectivity index (χ3v) is 11.2. The summed E-state index contributed by atoms with van der Waals surface area (Å²) in [6.45, 7) is 13.9. The molecule has 2 heterocycles. The quantitative estimate of drug-likeness (QED) is 0.156. The molecule has 11 nitrogen and oxygen atoms in total. The number of carboxylic acids is 1. The highest BCUT2D eigenvalue weighted by Crippen LogP contribution is 2.33. The van der Waals surface area contributed by atoms with Crippen molar-refractivity contribution in [2.45, 2.75) is 118 Å². The number of carbonyl (C=O) groups is 5. The Labute approximate surface area is 313 Å². The molecule has 1 aliphatic rings. The van der Waals surface area contributed by atoms with E-state index in [1.807, 2.05) is 65.1 Å². The van der Waals surface area contributed by atoms with Crippen molar-refractivity contribution in [3.63, 3.8) is 0 Å². The predicted molar refractivity (Wildman–Crippen MR) is 203 cm³/mol. The molecule has 1 aromatic heterocycles.